The first kappa shape index (κ1) is 11.2. The Kier molecular flexibility index (Phi) is 3.27. The minimum atomic E-state index is -0.672. The molecule has 3 heteroatoms. The van der Waals surface area contributed by atoms with Gasteiger partial charge in [0.25, 0.3) is 0 Å². The molecule has 2 aromatic carbocycles. The maximum absolute atomic E-state index is 10.2. The second-order valence-electron chi connectivity index (χ2n) is 3.59. The lowest BCUT2D eigenvalue weighted by Gasteiger charge is -2.13. The summed E-state index contributed by atoms with van der Waals surface area (Å²) in [5, 5.41) is 10.2. The van der Waals surface area contributed by atoms with Crippen LogP contribution in [-0.2, 0) is 0 Å². The highest BCUT2D eigenvalue weighted by Gasteiger charge is 2.12. The Morgan fingerprint density at radius 2 is 1.75 bits per heavy atom. The van der Waals surface area contributed by atoms with Gasteiger partial charge in [0.2, 0.25) is 0 Å². The third kappa shape index (κ3) is 2.26. The van der Waals surface area contributed by atoms with E-state index in [4.69, 9.17) is 5.73 Å². The van der Waals surface area contributed by atoms with Crippen LogP contribution in [0.3, 0.4) is 0 Å². The largest absolute Gasteiger partial charge is 0.398 e. The monoisotopic (exact) mass is 277 g/mol. The first-order valence-electron chi connectivity index (χ1n) is 4.96. The average molecular weight is 278 g/mol. The molecule has 0 radical (unpaired) electrons. The van der Waals surface area contributed by atoms with Crippen molar-refractivity contribution in [2.24, 2.45) is 0 Å². The van der Waals surface area contributed by atoms with E-state index >= 15 is 0 Å². The molecule has 82 valence electrons. The molecule has 16 heavy (non-hydrogen) atoms. The van der Waals surface area contributed by atoms with Gasteiger partial charge in [-0.15, -0.1) is 0 Å². The Bertz CT molecular complexity index is 485. The van der Waals surface area contributed by atoms with Gasteiger partial charge in [0.1, 0.15) is 6.10 Å². The second kappa shape index (κ2) is 4.68. The van der Waals surface area contributed by atoms with Gasteiger partial charge in [0.15, 0.2) is 0 Å². The van der Waals surface area contributed by atoms with E-state index in [0.717, 1.165) is 15.6 Å². The van der Waals surface area contributed by atoms with Crippen LogP contribution in [0.2, 0.25) is 0 Å². The van der Waals surface area contributed by atoms with Gasteiger partial charge in [-0.2, -0.15) is 0 Å². The molecule has 0 heterocycles. The summed E-state index contributed by atoms with van der Waals surface area (Å²) in [7, 11) is 0. The molecule has 0 saturated carbocycles. The van der Waals surface area contributed by atoms with Gasteiger partial charge in [-0.3, -0.25) is 0 Å². The third-order valence-electron chi connectivity index (χ3n) is 2.46. The molecule has 2 rings (SSSR count). The Hall–Kier alpha value is -1.32. The number of nitrogen functional groups attached to an aromatic ring is 1. The predicted molar refractivity (Wildman–Crippen MR) is 69.1 cm³/mol. The Morgan fingerprint density at radius 1 is 1.06 bits per heavy atom. The van der Waals surface area contributed by atoms with Gasteiger partial charge in [-0.1, -0.05) is 52.3 Å². The number of aliphatic hydroxyl groups is 1. The molecular formula is C13H12BrNO. The fourth-order valence-corrected chi connectivity index (χ4v) is 1.99. The van der Waals surface area contributed by atoms with Crippen molar-refractivity contribution >= 4 is 21.6 Å². The fraction of sp³-hybridized carbons (Fsp3) is 0.0769. The molecule has 3 N–H and O–H groups in total. The second-order valence-corrected chi connectivity index (χ2v) is 4.50. The first-order chi connectivity index (χ1) is 7.68. The Labute approximate surface area is 103 Å². The van der Waals surface area contributed by atoms with Crippen molar-refractivity contribution in [1.82, 2.24) is 0 Å². The van der Waals surface area contributed by atoms with Crippen molar-refractivity contribution in [3.8, 4) is 0 Å². The summed E-state index contributed by atoms with van der Waals surface area (Å²) in [6.45, 7) is 0. The van der Waals surface area contributed by atoms with Gasteiger partial charge in [-0.05, 0) is 17.7 Å². The van der Waals surface area contributed by atoms with E-state index in [1.165, 1.54) is 0 Å². The number of halogens is 1. The maximum atomic E-state index is 10.2. The molecule has 0 aromatic heterocycles. The highest BCUT2D eigenvalue weighted by molar-refractivity contribution is 9.10. The van der Waals surface area contributed by atoms with Crippen LogP contribution < -0.4 is 5.73 Å². The Balaban J connectivity index is 2.38. The van der Waals surface area contributed by atoms with Crippen molar-refractivity contribution in [2.75, 3.05) is 5.73 Å². The minimum Gasteiger partial charge on any atom is -0.398 e. The highest BCUT2D eigenvalue weighted by atomic mass is 79.9. The predicted octanol–water partition coefficient (Wildman–Crippen LogP) is 3.11. The molecule has 0 amide bonds. The lowest BCUT2D eigenvalue weighted by atomic mass is 10.0. The number of nitrogens with two attached hydrogens (primary N) is 1. The fourth-order valence-electron chi connectivity index (χ4n) is 1.61. The maximum Gasteiger partial charge on any atom is 0.106 e. The van der Waals surface area contributed by atoms with Crippen LogP contribution in [0.1, 0.15) is 17.2 Å². The summed E-state index contributed by atoms with van der Waals surface area (Å²) < 4.78 is 0.911. The van der Waals surface area contributed by atoms with E-state index in [9.17, 15) is 5.11 Å². The van der Waals surface area contributed by atoms with Crippen LogP contribution >= 0.6 is 15.9 Å². The number of rotatable bonds is 2. The summed E-state index contributed by atoms with van der Waals surface area (Å²) in [4.78, 5) is 0. The summed E-state index contributed by atoms with van der Waals surface area (Å²) in [6, 6.07) is 15.0. The zero-order valence-corrected chi connectivity index (χ0v) is 10.2. The summed E-state index contributed by atoms with van der Waals surface area (Å²) in [5.74, 6) is 0. The molecule has 0 unspecified atom stereocenters. The van der Waals surface area contributed by atoms with E-state index in [2.05, 4.69) is 15.9 Å². The van der Waals surface area contributed by atoms with Gasteiger partial charge in [0.05, 0.1) is 0 Å². The van der Waals surface area contributed by atoms with Gasteiger partial charge in [-0.25, -0.2) is 0 Å². The zero-order chi connectivity index (χ0) is 11.5. The van der Waals surface area contributed by atoms with Crippen molar-refractivity contribution in [3.05, 3.63) is 64.1 Å². The molecule has 0 aliphatic rings. The molecule has 0 aliphatic carbocycles. The van der Waals surface area contributed by atoms with Gasteiger partial charge >= 0.3 is 0 Å². The molecular weight excluding hydrogens is 266 g/mol. The number of benzene rings is 2. The van der Waals surface area contributed by atoms with Gasteiger partial charge in [0, 0.05) is 15.7 Å². The van der Waals surface area contributed by atoms with E-state index in [0.29, 0.717) is 5.69 Å². The molecule has 0 aliphatic heterocycles. The van der Waals surface area contributed by atoms with E-state index in [-0.39, 0.29) is 0 Å². The zero-order valence-electron chi connectivity index (χ0n) is 8.60. The number of hydrogen-bond acceptors (Lipinski definition) is 2. The molecule has 2 aromatic rings. The summed E-state index contributed by atoms with van der Waals surface area (Å²) >= 11 is 3.34. The SMILES string of the molecule is Nc1cc(Br)ccc1[C@@H](O)c1ccccc1. The van der Waals surface area contributed by atoms with E-state index in [1.807, 2.05) is 42.5 Å². The van der Waals surface area contributed by atoms with Crippen molar-refractivity contribution in [2.45, 2.75) is 6.10 Å². The lowest BCUT2D eigenvalue weighted by molar-refractivity contribution is 0.221. The normalized spacial score (nSPS) is 12.4. The summed E-state index contributed by atoms with van der Waals surface area (Å²) in [5.41, 5.74) is 8.03. The van der Waals surface area contributed by atoms with Crippen molar-refractivity contribution in [1.29, 1.82) is 0 Å². The Morgan fingerprint density at radius 3 is 2.38 bits per heavy atom. The van der Waals surface area contributed by atoms with Crippen molar-refractivity contribution in [3.63, 3.8) is 0 Å². The van der Waals surface area contributed by atoms with Crippen LogP contribution in [0.4, 0.5) is 5.69 Å². The molecule has 0 spiro atoms. The standard InChI is InChI=1S/C13H12BrNO/c14-10-6-7-11(12(15)8-10)13(16)9-4-2-1-3-5-9/h1-8,13,16H,15H2/t13-/m0/s1. The van der Waals surface area contributed by atoms with Crippen LogP contribution in [0, 0.1) is 0 Å². The van der Waals surface area contributed by atoms with Crippen molar-refractivity contribution < 1.29 is 5.11 Å². The van der Waals surface area contributed by atoms with Gasteiger partial charge < -0.3 is 10.8 Å². The highest BCUT2D eigenvalue weighted by Crippen LogP contribution is 2.28. The smallest absolute Gasteiger partial charge is 0.106 e. The van der Waals surface area contributed by atoms with Crippen LogP contribution in [0.25, 0.3) is 0 Å². The van der Waals surface area contributed by atoms with Crippen LogP contribution in [-0.4, -0.2) is 5.11 Å². The number of hydrogen-bond donors (Lipinski definition) is 2. The van der Waals surface area contributed by atoms with Crippen LogP contribution in [0.15, 0.2) is 53.0 Å². The number of anilines is 1. The molecule has 0 bridgehead atoms. The topological polar surface area (TPSA) is 46.2 Å². The first-order valence-corrected chi connectivity index (χ1v) is 5.75. The van der Waals surface area contributed by atoms with Crippen LogP contribution in [0.5, 0.6) is 0 Å². The molecule has 0 fully saturated rings. The molecule has 0 saturated heterocycles. The molecule has 1 atom stereocenters. The van der Waals surface area contributed by atoms with E-state index in [1.54, 1.807) is 6.07 Å². The number of aliphatic hydroxyl groups excluding tert-OH is 1. The average Bonchev–Trinajstić information content (AvgIpc) is 2.29. The molecule has 2 nitrogen and oxygen atoms in total. The third-order valence-corrected chi connectivity index (χ3v) is 2.95. The summed E-state index contributed by atoms with van der Waals surface area (Å²) in [6.07, 6.45) is -0.672. The minimum absolute atomic E-state index is 0.589. The quantitative estimate of drug-likeness (QED) is 0.829. The van der Waals surface area contributed by atoms with E-state index < -0.39 is 6.10 Å². The lowest BCUT2D eigenvalue weighted by Crippen LogP contribution is -2.03.